The highest BCUT2D eigenvalue weighted by Crippen LogP contribution is 2.37. The molecule has 0 aliphatic carbocycles. The van der Waals surface area contributed by atoms with Crippen LogP contribution >= 0.6 is 23.5 Å². The second-order valence-electron chi connectivity index (χ2n) is 6.26. The Morgan fingerprint density at radius 2 is 1.00 bits per heavy atom. The third kappa shape index (κ3) is 1.87. The lowest BCUT2D eigenvalue weighted by atomic mass is 9.92. The first-order chi connectivity index (χ1) is 10.6. The van der Waals surface area contributed by atoms with E-state index in [-0.39, 0.29) is 0 Å². The Kier molecular flexibility index (Phi) is 3.13. The molecule has 6 heteroatoms. The lowest BCUT2D eigenvalue weighted by Gasteiger charge is -2.12. The maximum atomic E-state index is 4.57. The lowest BCUT2D eigenvalue weighted by molar-refractivity contribution is 0.873. The van der Waals surface area contributed by atoms with Crippen molar-refractivity contribution in [2.75, 3.05) is 0 Å². The van der Waals surface area contributed by atoms with E-state index in [1.807, 2.05) is 0 Å². The molecular formula is C16H16N4S2. The van der Waals surface area contributed by atoms with Crippen molar-refractivity contribution < 1.29 is 0 Å². The third-order valence-electron chi connectivity index (χ3n) is 4.17. The molecule has 4 rings (SSSR count). The van der Waals surface area contributed by atoms with Crippen LogP contribution in [0.4, 0.5) is 0 Å². The van der Waals surface area contributed by atoms with Gasteiger partial charge in [0, 0.05) is 10.8 Å². The summed E-state index contributed by atoms with van der Waals surface area (Å²) in [6, 6.07) is 4.47. The Hall–Kier alpha value is -1.66. The van der Waals surface area contributed by atoms with Crippen molar-refractivity contribution in [3.63, 3.8) is 0 Å². The van der Waals surface area contributed by atoms with Gasteiger partial charge in [-0.25, -0.2) is 0 Å². The first-order valence-corrected chi connectivity index (χ1v) is 8.88. The Balaban J connectivity index is 2.27. The van der Waals surface area contributed by atoms with Gasteiger partial charge in [-0.15, -0.1) is 0 Å². The number of benzene rings is 2. The molecule has 0 aliphatic rings. The van der Waals surface area contributed by atoms with Gasteiger partial charge in [0.25, 0.3) is 0 Å². The minimum atomic E-state index is 0.405. The molecule has 2 heterocycles. The zero-order valence-corrected chi connectivity index (χ0v) is 14.5. The van der Waals surface area contributed by atoms with Crippen LogP contribution in [0.1, 0.15) is 50.7 Å². The van der Waals surface area contributed by atoms with Crippen LogP contribution in [0.25, 0.3) is 32.8 Å². The predicted octanol–water partition coefficient (Wildman–Crippen LogP) is 5.10. The molecule has 4 nitrogen and oxygen atoms in total. The second-order valence-corrected chi connectivity index (χ2v) is 7.32. The van der Waals surface area contributed by atoms with Crippen molar-refractivity contribution in [1.82, 2.24) is 17.5 Å². The number of nitrogens with zero attached hydrogens (tertiary/aromatic N) is 4. The minimum Gasteiger partial charge on any atom is -0.173 e. The smallest absolute Gasteiger partial charge is 0.112 e. The molecule has 0 saturated heterocycles. The van der Waals surface area contributed by atoms with Gasteiger partial charge in [-0.2, -0.15) is 17.5 Å². The average Bonchev–Trinajstić information content (AvgIpc) is 3.13. The Morgan fingerprint density at radius 3 is 1.36 bits per heavy atom. The molecule has 2 aromatic heterocycles. The summed E-state index contributed by atoms with van der Waals surface area (Å²) < 4.78 is 18.2. The number of aromatic nitrogens is 4. The van der Waals surface area contributed by atoms with Crippen molar-refractivity contribution in [3.8, 4) is 0 Å². The maximum absolute atomic E-state index is 4.57. The van der Waals surface area contributed by atoms with E-state index in [9.17, 15) is 0 Å². The molecule has 0 unspecified atom stereocenters. The highest BCUT2D eigenvalue weighted by Gasteiger charge is 2.19. The van der Waals surface area contributed by atoms with Crippen LogP contribution in [-0.2, 0) is 0 Å². The monoisotopic (exact) mass is 328 g/mol. The Bertz CT molecular complexity index is 916. The number of fused-ring (bicyclic) bond motifs is 5. The van der Waals surface area contributed by atoms with Crippen LogP contribution < -0.4 is 0 Å². The van der Waals surface area contributed by atoms with Gasteiger partial charge in [-0.05, 0) is 35.1 Å². The lowest BCUT2D eigenvalue weighted by Crippen LogP contribution is -1.95. The topological polar surface area (TPSA) is 51.6 Å². The predicted molar refractivity (Wildman–Crippen MR) is 94.1 cm³/mol. The summed E-state index contributed by atoms with van der Waals surface area (Å²) in [7, 11) is 0. The zero-order valence-electron chi connectivity index (χ0n) is 12.9. The SMILES string of the molecule is CC(C)c1cc2c(cc(C(C)C)c3nsnc32)c2nsnc12. The number of rotatable bonds is 2. The normalized spacial score (nSPS) is 12.5. The Morgan fingerprint density at radius 1 is 0.636 bits per heavy atom. The van der Waals surface area contributed by atoms with Crippen LogP contribution in [0.15, 0.2) is 12.1 Å². The van der Waals surface area contributed by atoms with Gasteiger partial charge in [0.2, 0.25) is 0 Å². The molecule has 0 amide bonds. The van der Waals surface area contributed by atoms with Gasteiger partial charge >= 0.3 is 0 Å². The van der Waals surface area contributed by atoms with Crippen molar-refractivity contribution in [1.29, 1.82) is 0 Å². The van der Waals surface area contributed by atoms with Gasteiger partial charge in [0.1, 0.15) is 22.1 Å². The van der Waals surface area contributed by atoms with E-state index in [0.29, 0.717) is 11.8 Å². The quantitative estimate of drug-likeness (QED) is 0.514. The summed E-state index contributed by atoms with van der Waals surface area (Å²) >= 11 is 2.58. The van der Waals surface area contributed by atoms with Gasteiger partial charge < -0.3 is 0 Å². The van der Waals surface area contributed by atoms with Gasteiger partial charge in [0.15, 0.2) is 0 Å². The van der Waals surface area contributed by atoms with Gasteiger partial charge in [-0.1, -0.05) is 27.7 Å². The van der Waals surface area contributed by atoms with Crippen LogP contribution in [0.3, 0.4) is 0 Å². The highest BCUT2D eigenvalue weighted by molar-refractivity contribution is 7.00. The van der Waals surface area contributed by atoms with E-state index in [1.165, 1.54) is 34.6 Å². The molecule has 0 radical (unpaired) electrons. The highest BCUT2D eigenvalue weighted by atomic mass is 32.1. The van der Waals surface area contributed by atoms with Crippen LogP contribution in [0.2, 0.25) is 0 Å². The average molecular weight is 328 g/mol. The van der Waals surface area contributed by atoms with Crippen molar-refractivity contribution in [2.24, 2.45) is 0 Å². The number of hydrogen-bond donors (Lipinski definition) is 0. The molecule has 0 saturated carbocycles. The van der Waals surface area contributed by atoms with E-state index < -0.39 is 0 Å². The molecule has 22 heavy (non-hydrogen) atoms. The first kappa shape index (κ1) is 14.0. The molecule has 0 atom stereocenters. The molecule has 0 aliphatic heterocycles. The Labute approximate surface area is 136 Å². The van der Waals surface area contributed by atoms with Gasteiger partial charge in [0.05, 0.1) is 23.5 Å². The number of hydrogen-bond acceptors (Lipinski definition) is 6. The zero-order chi connectivity index (χ0) is 15.4. The van der Waals surface area contributed by atoms with Crippen molar-refractivity contribution in [3.05, 3.63) is 23.3 Å². The van der Waals surface area contributed by atoms with Crippen molar-refractivity contribution in [2.45, 2.75) is 39.5 Å². The molecule has 2 aromatic carbocycles. The summed E-state index contributed by atoms with van der Waals surface area (Å²) in [6.07, 6.45) is 0. The minimum absolute atomic E-state index is 0.405. The van der Waals surface area contributed by atoms with E-state index in [0.717, 1.165) is 32.8 Å². The molecule has 0 fully saturated rings. The molecule has 112 valence electrons. The summed E-state index contributed by atoms with van der Waals surface area (Å²) in [6.45, 7) is 8.77. The summed E-state index contributed by atoms with van der Waals surface area (Å²) in [4.78, 5) is 0. The molecular weight excluding hydrogens is 312 g/mol. The standard InChI is InChI=1S/C16H16N4S2/c1-7(2)9-5-11-12(15-13(9)17-21-19-15)6-10(8(3)4)14-16(11)20-22-18-14/h5-8H,1-4H3. The fraction of sp³-hybridized carbons (Fsp3) is 0.375. The van der Waals surface area contributed by atoms with Gasteiger partial charge in [-0.3, -0.25) is 0 Å². The summed E-state index contributed by atoms with van der Waals surface area (Å²) in [5.74, 6) is 0.810. The first-order valence-electron chi connectivity index (χ1n) is 7.42. The van der Waals surface area contributed by atoms with E-state index in [2.05, 4.69) is 57.3 Å². The fourth-order valence-corrected chi connectivity index (χ4v) is 4.15. The summed E-state index contributed by atoms with van der Waals surface area (Å²) in [5.41, 5.74) is 6.55. The second kappa shape index (κ2) is 4.93. The molecule has 4 aromatic rings. The molecule has 0 N–H and O–H groups in total. The largest absolute Gasteiger partial charge is 0.173 e. The summed E-state index contributed by atoms with van der Waals surface area (Å²) in [5, 5.41) is 2.30. The van der Waals surface area contributed by atoms with E-state index in [4.69, 9.17) is 0 Å². The van der Waals surface area contributed by atoms with Crippen molar-refractivity contribution >= 4 is 56.3 Å². The molecule has 0 spiro atoms. The van der Waals surface area contributed by atoms with Crippen LogP contribution in [-0.4, -0.2) is 17.5 Å². The van der Waals surface area contributed by atoms with E-state index >= 15 is 0 Å². The van der Waals surface area contributed by atoms with E-state index in [1.54, 1.807) is 0 Å². The van der Waals surface area contributed by atoms with Crippen LogP contribution in [0, 0.1) is 0 Å². The fourth-order valence-electron chi connectivity index (χ4n) is 2.98. The third-order valence-corrected chi connectivity index (χ3v) is 5.22. The maximum Gasteiger partial charge on any atom is 0.112 e. The molecule has 0 bridgehead atoms. The van der Waals surface area contributed by atoms with Crippen LogP contribution in [0.5, 0.6) is 0 Å².